The molecule has 1 unspecified atom stereocenters. The van der Waals surface area contributed by atoms with Gasteiger partial charge in [-0.05, 0) is 31.7 Å². The van der Waals surface area contributed by atoms with Crippen LogP contribution < -0.4 is 5.32 Å². The van der Waals surface area contributed by atoms with Gasteiger partial charge in [0.1, 0.15) is 5.82 Å². The molecule has 132 valence electrons. The fourth-order valence-electron chi connectivity index (χ4n) is 3.13. The summed E-state index contributed by atoms with van der Waals surface area (Å²) in [5.74, 6) is 0.708. The molecule has 1 aliphatic heterocycles. The van der Waals surface area contributed by atoms with E-state index < -0.39 is 30.9 Å². The van der Waals surface area contributed by atoms with E-state index in [9.17, 15) is 18.0 Å². The highest BCUT2D eigenvalue weighted by Crippen LogP contribution is 2.40. The Morgan fingerprint density at radius 2 is 2.17 bits per heavy atom. The maximum atomic E-state index is 13.0. The van der Waals surface area contributed by atoms with E-state index in [1.807, 2.05) is 6.92 Å². The minimum absolute atomic E-state index is 0.125. The van der Waals surface area contributed by atoms with Gasteiger partial charge in [-0.1, -0.05) is 0 Å². The van der Waals surface area contributed by atoms with Gasteiger partial charge in [-0.3, -0.25) is 0 Å². The molecule has 0 aromatic carbocycles. The molecule has 24 heavy (non-hydrogen) atoms. The number of likely N-dealkylation sites (tertiary alicyclic amines) is 1. The van der Waals surface area contributed by atoms with Crippen LogP contribution in [0, 0.1) is 6.92 Å². The van der Waals surface area contributed by atoms with Crippen LogP contribution in [0.15, 0.2) is 6.20 Å². The summed E-state index contributed by atoms with van der Waals surface area (Å²) in [5.41, 5.74) is -0.288. The Balaban J connectivity index is 1.57. The highest BCUT2D eigenvalue weighted by atomic mass is 19.4. The summed E-state index contributed by atoms with van der Waals surface area (Å²) in [6.07, 6.45) is -0.730. The monoisotopic (exact) mass is 344 g/mol. The fraction of sp³-hybridized carbons (Fsp3) is 0.667. The van der Waals surface area contributed by atoms with Gasteiger partial charge in [-0.2, -0.15) is 13.2 Å². The van der Waals surface area contributed by atoms with E-state index in [-0.39, 0.29) is 6.04 Å². The lowest BCUT2D eigenvalue weighted by Crippen LogP contribution is -2.72. The van der Waals surface area contributed by atoms with Gasteiger partial charge in [-0.15, -0.1) is 0 Å². The van der Waals surface area contributed by atoms with Gasteiger partial charge in [-0.25, -0.2) is 14.8 Å². The molecule has 0 saturated carbocycles. The molecule has 2 amide bonds. The van der Waals surface area contributed by atoms with Crippen molar-refractivity contribution in [2.24, 2.45) is 0 Å². The van der Waals surface area contributed by atoms with Crippen molar-refractivity contribution in [1.29, 1.82) is 0 Å². The van der Waals surface area contributed by atoms with E-state index in [1.165, 1.54) is 0 Å². The molecule has 9 heteroatoms. The summed E-state index contributed by atoms with van der Waals surface area (Å²) < 4.78 is 43.5. The summed E-state index contributed by atoms with van der Waals surface area (Å²) in [6, 6.07) is -0.617. The molecule has 1 aromatic rings. The summed E-state index contributed by atoms with van der Waals surface area (Å²) in [5, 5.41) is 2.80. The number of aryl methyl sites for hydroxylation is 2. The molecule has 6 nitrogen and oxygen atoms in total. The van der Waals surface area contributed by atoms with E-state index >= 15 is 0 Å². The number of methoxy groups -OCH3 is 1. The van der Waals surface area contributed by atoms with Crippen molar-refractivity contribution in [1.82, 2.24) is 20.2 Å². The second kappa shape index (κ2) is 5.87. The Hall–Kier alpha value is -1.90. The Morgan fingerprint density at radius 3 is 2.79 bits per heavy atom. The topological polar surface area (TPSA) is 67.3 Å². The number of nitrogens with one attached hydrogen (secondary N) is 1. The lowest BCUT2D eigenvalue weighted by Gasteiger charge is -2.49. The van der Waals surface area contributed by atoms with E-state index in [0.29, 0.717) is 25.1 Å². The number of nitrogens with zero attached hydrogens (tertiary/aromatic N) is 3. The Labute approximate surface area is 137 Å². The second-order valence-electron chi connectivity index (χ2n) is 6.33. The molecule has 2 aliphatic rings. The third-order valence-electron chi connectivity index (χ3n) is 4.69. The average molecular weight is 344 g/mol. The zero-order valence-electron chi connectivity index (χ0n) is 13.5. The van der Waals surface area contributed by atoms with E-state index in [0.717, 1.165) is 23.3 Å². The molecule has 3 rings (SSSR count). The van der Waals surface area contributed by atoms with Crippen molar-refractivity contribution in [2.45, 2.75) is 44.0 Å². The summed E-state index contributed by atoms with van der Waals surface area (Å²) in [4.78, 5) is 21.8. The summed E-state index contributed by atoms with van der Waals surface area (Å²) >= 11 is 0. The first-order valence-electron chi connectivity index (χ1n) is 7.73. The molecule has 1 saturated heterocycles. The Morgan fingerprint density at radius 1 is 1.46 bits per heavy atom. The highest BCUT2D eigenvalue weighted by Gasteiger charge is 2.63. The second-order valence-corrected chi connectivity index (χ2v) is 6.33. The number of hydrogen-bond donors (Lipinski definition) is 1. The van der Waals surface area contributed by atoms with Gasteiger partial charge in [0.25, 0.3) is 0 Å². The number of hydrogen-bond acceptors (Lipinski definition) is 4. The van der Waals surface area contributed by atoms with Crippen molar-refractivity contribution in [2.75, 3.05) is 20.2 Å². The Kier molecular flexibility index (Phi) is 4.15. The first-order valence-corrected chi connectivity index (χ1v) is 7.73. The lowest BCUT2D eigenvalue weighted by atomic mass is 9.92. The number of halogens is 3. The summed E-state index contributed by atoms with van der Waals surface area (Å²) in [7, 11) is 1.02. The number of carbonyl (C=O) groups is 1. The molecule has 1 aromatic heterocycles. The molecule has 2 heterocycles. The van der Waals surface area contributed by atoms with Crippen molar-refractivity contribution >= 4 is 6.03 Å². The molecule has 1 atom stereocenters. The van der Waals surface area contributed by atoms with Crippen molar-refractivity contribution in [3.05, 3.63) is 23.3 Å². The van der Waals surface area contributed by atoms with Crippen molar-refractivity contribution in [3.8, 4) is 0 Å². The number of fused-ring (bicyclic) bond motifs is 1. The van der Waals surface area contributed by atoms with Crippen LogP contribution in [0.1, 0.15) is 23.5 Å². The van der Waals surface area contributed by atoms with Crippen LogP contribution >= 0.6 is 0 Å². The summed E-state index contributed by atoms with van der Waals surface area (Å²) in [6.45, 7) is 0.857. The van der Waals surface area contributed by atoms with Gasteiger partial charge >= 0.3 is 12.2 Å². The first kappa shape index (κ1) is 16.9. The van der Waals surface area contributed by atoms with Crippen LogP contribution in [-0.4, -0.2) is 58.9 Å². The van der Waals surface area contributed by atoms with Crippen LogP contribution in [0.5, 0.6) is 0 Å². The third-order valence-corrected chi connectivity index (χ3v) is 4.69. The van der Waals surface area contributed by atoms with Gasteiger partial charge in [0.15, 0.2) is 5.60 Å². The van der Waals surface area contributed by atoms with Gasteiger partial charge in [0.05, 0.1) is 13.1 Å². The predicted octanol–water partition coefficient (Wildman–Crippen LogP) is 1.62. The van der Waals surface area contributed by atoms with E-state index in [2.05, 4.69) is 20.0 Å². The number of ether oxygens (including phenoxy) is 1. The van der Waals surface area contributed by atoms with Crippen molar-refractivity contribution in [3.63, 3.8) is 0 Å². The molecular formula is C15H19F3N4O2. The van der Waals surface area contributed by atoms with Crippen molar-refractivity contribution < 1.29 is 22.7 Å². The number of aromatic nitrogens is 2. The minimum Gasteiger partial charge on any atom is -0.365 e. The zero-order chi connectivity index (χ0) is 17.5. The van der Waals surface area contributed by atoms with Crippen LogP contribution in [0.25, 0.3) is 0 Å². The maximum Gasteiger partial charge on any atom is 0.420 e. The number of carbonyl (C=O) groups excluding carboxylic acids is 1. The molecule has 1 N–H and O–H groups in total. The third kappa shape index (κ3) is 2.92. The minimum atomic E-state index is -4.49. The molecule has 1 aliphatic carbocycles. The van der Waals surface area contributed by atoms with Gasteiger partial charge in [0.2, 0.25) is 0 Å². The normalized spacial score (nSPS) is 22.5. The Bertz CT molecular complexity index is 644. The SMILES string of the molecule is COC1(C(F)(F)F)CN(C(=O)NC2CCc3nc(C)ncc3C2)C1. The average Bonchev–Trinajstić information content (AvgIpc) is 2.45. The van der Waals surface area contributed by atoms with Gasteiger partial charge in [0, 0.05) is 25.0 Å². The van der Waals surface area contributed by atoms with Crippen LogP contribution in [-0.2, 0) is 17.6 Å². The molecule has 0 spiro atoms. The maximum absolute atomic E-state index is 13.0. The standard InChI is InChI=1S/C15H19F3N4O2/c1-9-19-6-10-5-11(3-4-12(10)20-9)21-13(23)22-7-14(8-22,24-2)15(16,17)18/h6,11H,3-5,7-8H2,1-2H3,(H,21,23). The van der Waals surface area contributed by atoms with Gasteiger partial charge < -0.3 is 15.0 Å². The number of urea groups is 1. The van der Waals surface area contributed by atoms with E-state index in [1.54, 1.807) is 6.20 Å². The number of rotatable bonds is 2. The first-order chi connectivity index (χ1) is 11.2. The largest absolute Gasteiger partial charge is 0.420 e. The predicted molar refractivity (Wildman–Crippen MR) is 78.5 cm³/mol. The fourth-order valence-corrected chi connectivity index (χ4v) is 3.13. The quantitative estimate of drug-likeness (QED) is 0.885. The highest BCUT2D eigenvalue weighted by molar-refractivity contribution is 5.76. The smallest absolute Gasteiger partial charge is 0.365 e. The molecule has 0 radical (unpaired) electrons. The molecular weight excluding hydrogens is 325 g/mol. The lowest BCUT2D eigenvalue weighted by molar-refractivity contribution is -0.303. The molecule has 0 bridgehead atoms. The number of alkyl halides is 3. The van der Waals surface area contributed by atoms with Crippen LogP contribution in [0.3, 0.4) is 0 Å². The van der Waals surface area contributed by atoms with E-state index in [4.69, 9.17) is 0 Å². The van der Waals surface area contributed by atoms with Crippen LogP contribution in [0.2, 0.25) is 0 Å². The van der Waals surface area contributed by atoms with Crippen LogP contribution in [0.4, 0.5) is 18.0 Å². The number of amides is 2. The zero-order valence-corrected chi connectivity index (χ0v) is 13.5. The molecule has 1 fully saturated rings.